The molecular formula is C17H38N6. The van der Waals surface area contributed by atoms with Crippen LogP contribution in [0.4, 0.5) is 0 Å². The van der Waals surface area contributed by atoms with Gasteiger partial charge in [-0.05, 0) is 61.8 Å². The molecule has 0 bridgehead atoms. The van der Waals surface area contributed by atoms with E-state index in [1.54, 1.807) is 0 Å². The lowest BCUT2D eigenvalue weighted by atomic mass is 10.3. The molecule has 0 saturated carbocycles. The molecule has 4 N–H and O–H groups in total. The number of nitrogens with one attached hydrogen (secondary N) is 4. The molecule has 0 fully saturated rings. The SMILES string of the molecule is CC(C)N=C(NCCCNC(=NC(C)C)NC(C)C)NC(C)C. The van der Waals surface area contributed by atoms with Gasteiger partial charge in [0, 0.05) is 37.3 Å². The molecule has 0 aromatic heterocycles. The largest absolute Gasteiger partial charge is 0.356 e. The van der Waals surface area contributed by atoms with Crippen molar-refractivity contribution in [2.45, 2.75) is 86.0 Å². The summed E-state index contributed by atoms with van der Waals surface area (Å²) in [7, 11) is 0. The van der Waals surface area contributed by atoms with Crippen molar-refractivity contribution in [1.82, 2.24) is 21.3 Å². The van der Waals surface area contributed by atoms with Gasteiger partial charge in [-0.2, -0.15) is 0 Å². The maximum absolute atomic E-state index is 4.57. The molecule has 6 heteroatoms. The van der Waals surface area contributed by atoms with Crippen molar-refractivity contribution in [2.24, 2.45) is 9.98 Å². The van der Waals surface area contributed by atoms with Crippen LogP contribution in [0.1, 0.15) is 61.8 Å². The molecule has 0 rings (SSSR count). The second kappa shape index (κ2) is 12.0. The molecule has 136 valence electrons. The van der Waals surface area contributed by atoms with E-state index in [1.165, 1.54) is 0 Å². The highest BCUT2D eigenvalue weighted by Gasteiger charge is 2.04. The molecule has 0 saturated heterocycles. The second-order valence-corrected chi connectivity index (χ2v) is 6.95. The number of guanidine groups is 2. The van der Waals surface area contributed by atoms with Crippen LogP contribution < -0.4 is 21.3 Å². The Labute approximate surface area is 143 Å². The van der Waals surface area contributed by atoms with Gasteiger partial charge >= 0.3 is 0 Å². The first kappa shape index (κ1) is 21.5. The van der Waals surface area contributed by atoms with Crippen molar-refractivity contribution < 1.29 is 0 Å². The van der Waals surface area contributed by atoms with Crippen molar-refractivity contribution >= 4 is 11.9 Å². The van der Waals surface area contributed by atoms with E-state index < -0.39 is 0 Å². The highest BCUT2D eigenvalue weighted by atomic mass is 15.2. The van der Waals surface area contributed by atoms with E-state index in [0.29, 0.717) is 12.1 Å². The molecular weight excluding hydrogens is 288 g/mol. The van der Waals surface area contributed by atoms with Gasteiger partial charge < -0.3 is 21.3 Å². The maximum atomic E-state index is 4.57. The van der Waals surface area contributed by atoms with E-state index in [2.05, 4.69) is 86.6 Å². The first-order valence-electron chi connectivity index (χ1n) is 8.87. The summed E-state index contributed by atoms with van der Waals surface area (Å²) in [4.78, 5) is 9.13. The standard InChI is InChI=1S/C17H38N6/c1-12(2)20-16(21-13(3)4)18-10-9-11-19-17(22-14(5)6)23-15(7)8/h12-15H,9-11H2,1-8H3,(H2,18,20,21)(H2,19,22,23). The zero-order chi connectivity index (χ0) is 17.8. The Balaban J connectivity index is 4.21. The van der Waals surface area contributed by atoms with E-state index in [0.717, 1.165) is 31.4 Å². The summed E-state index contributed by atoms with van der Waals surface area (Å²) in [6.45, 7) is 18.5. The molecule has 0 aromatic rings. The minimum atomic E-state index is 0.280. The summed E-state index contributed by atoms with van der Waals surface area (Å²) >= 11 is 0. The first-order chi connectivity index (χ1) is 10.7. The Hall–Kier alpha value is -1.46. The second-order valence-electron chi connectivity index (χ2n) is 6.95. The molecule has 0 aromatic carbocycles. The third-order valence-electron chi connectivity index (χ3n) is 2.56. The van der Waals surface area contributed by atoms with Gasteiger partial charge in [-0.1, -0.05) is 0 Å². The van der Waals surface area contributed by atoms with Crippen LogP contribution in [-0.4, -0.2) is 49.2 Å². The Morgan fingerprint density at radius 3 is 1.26 bits per heavy atom. The summed E-state index contributed by atoms with van der Waals surface area (Å²) in [5.41, 5.74) is 0. The van der Waals surface area contributed by atoms with Gasteiger partial charge in [-0.3, -0.25) is 9.98 Å². The van der Waals surface area contributed by atoms with Crippen molar-refractivity contribution in [2.75, 3.05) is 13.1 Å². The number of hydrogen-bond donors (Lipinski definition) is 4. The Bertz CT molecular complexity index is 324. The molecule has 0 amide bonds. The molecule has 0 atom stereocenters. The van der Waals surface area contributed by atoms with Gasteiger partial charge in [0.25, 0.3) is 0 Å². The monoisotopic (exact) mass is 326 g/mol. The summed E-state index contributed by atoms with van der Waals surface area (Å²) in [5.74, 6) is 1.76. The average molecular weight is 327 g/mol. The zero-order valence-corrected chi connectivity index (χ0v) is 16.3. The minimum absolute atomic E-state index is 0.280. The van der Waals surface area contributed by atoms with Gasteiger partial charge in [0.1, 0.15) is 0 Å². The molecule has 0 spiro atoms. The topological polar surface area (TPSA) is 72.8 Å². The molecule has 0 unspecified atom stereocenters. The van der Waals surface area contributed by atoms with Crippen LogP contribution in [0, 0.1) is 0 Å². The molecule has 0 heterocycles. The fourth-order valence-corrected chi connectivity index (χ4v) is 1.83. The lowest BCUT2D eigenvalue weighted by molar-refractivity contribution is 0.651. The van der Waals surface area contributed by atoms with E-state index in [4.69, 9.17) is 0 Å². The molecule has 0 radical (unpaired) electrons. The van der Waals surface area contributed by atoms with Crippen LogP contribution in [0.15, 0.2) is 9.98 Å². The molecule has 23 heavy (non-hydrogen) atoms. The van der Waals surface area contributed by atoms with Gasteiger partial charge in [0.2, 0.25) is 0 Å². The summed E-state index contributed by atoms with van der Waals surface area (Å²) < 4.78 is 0. The Morgan fingerprint density at radius 2 is 1.00 bits per heavy atom. The first-order valence-corrected chi connectivity index (χ1v) is 8.87. The molecule has 0 aliphatic heterocycles. The van der Waals surface area contributed by atoms with Gasteiger partial charge in [-0.25, -0.2) is 0 Å². The van der Waals surface area contributed by atoms with Crippen molar-refractivity contribution in [3.63, 3.8) is 0 Å². The number of hydrogen-bond acceptors (Lipinski definition) is 2. The lowest BCUT2D eigenvalue weighted by Crippen LogP contribution is -2.44. The van der Waals surface area contributed by atoms with Crippen LogP contribution in [0.5, 0.6) is 0 Å². The normalized spacial score (nSPS) is 13.2. The Morgan fingerprint density at radius 1 is 0.652 bits per heavy atom. The molecule has 0 aliphatic carbocycles. The third kappa shape index (κ3) is 13.9. The van der Waals surface area contributed by atoms with Crippen molar-refractivity contribution in [1.29, 1.82) is 0 Å². The summed E-state index contributed by atoms with van der Waals surface area (Å²) in [6.07, 6.45) is 0.994. The van der Waals surface area contributed by atoms with E-state index in [1.807, 2.05) is 0 Å². The van der Waals surface area contributed by atoms with Crippen LogP contribution in [0.25, 0.3) is 0 Å². The van der Waals surface area contributed by atoms with Crippen molar-refractivity contribution in [3.8, 4) is 0 Å². The van der Waals surface area contributed by atoms with Crippen LogP contribution >= 0.6 is 0 Å². The van der Waals surface area contributed by atoms with Gasteiger partial charge in [0.05, 0.1) is 0 Å². The summed E-state index contributed by atoms with van der Waals surface area (Å²) in [6, 6.07) is 1.31. The zero-order valence-electron chi connectivity index (χ0n) is 16.3. The lowest BCUT2D eigenvalue weighted by Gasteiger charge is -2.18. The number of rotatable bonds is 8. The number of aliphatic imine (C=N–C) groups is 2. The van der Waals surface area contributed by atoms with Crippen LogP contribution in [0.2, 0.25) is 0 Å². The molecule has 0 aliphatic rings. The third-order valence-corrected chi connectivity index (χ3v) is 2.56. The van der Waals surface area contributed by atoms with E-state index >= 15 is 0 Å². The fraction of sp³-hybridized carbons (Fsp3) is 0.882. The molecule has 6 nitrogen and oxygen atoms in total. The van der Waals surface area contributed by atoms with Gasteiger partial charge in [-0.15, -0.1) is 0 Å². The van der Waals surface area contributed by atoms with Crippen molar-refractivity contribution in [3.05, 3.63) is 0 Å². The predicted molar refractivity (Wildman–Crippen MR) is 102 cm³/mol. The van der Waals surface area contributed by atoms with Crippen LogP contribution in [0.3, 0.4) is 0 Å². The highest BCUT2D eigenvalue weighted by molar-refractivity contribution is 5.80. The fourth-order valence-electron chi connectivity index (χ4n) is 1.83. The maximum Gasteiger partial charge on any atom is 0.191 e. The number of nitrogens with zero attached hydrogens (tertiary/aromatic N) is 2. The highest BCUT2D eigenvalue weighted by Crippen LogP contribution is 1.89. The van der Waals surface area contributed by atoms with Crippen LogP contribution in [-0.2, 0) is 0 Å². The quantitative estimate of drug-likeness (QED) is 0.313. The van der Waals surface area contributed by atoms with E-state index in [-0.39, 0.29) is 12.1 Å². The Kier molecular flexibility index (Phi) is 11.3. The van der Waals surface area contributed by atoms with Gasteiger partial charge in [0.15, 0.2) is 11.9 Å². The average Bonchev–Trinajstić information content (AvgIpc) is 2.34. The summed E-state index contributed by atoms with van der Waals surface area (Å²) in [5, 5.41) is 13.4. The smallest absolute Gasteiger partial charge is 0.191 e. The van der Waals surface area contributed by atoms with E-state index in [9.17, 15) is 0 Å². The minimum Gasteiger partial charge on any atom is -0.356 e. The predicted octanol–water partition coefficient (Wildman–Crippen LogP) is 2.08.